The highest BCUT2D eigenvalue weighted by Crippen LogP contribution is 2.13. The van der Waals surface area contributed by atoms with E-state index >= 15 is 0 Å². The van der Waals surface area contributed by atoms with E-state index in [2.05, 4.69) is 10.0 Å². The van der Waals surface area contributed by atoms with Gasteiger partial charge in [0.2, 0.25) is 10.0 Å². The summed E-state index contributed by atoms with van der Waals surface area (Å²) >= 11 is 0. The van der Waals surface area contributed by atoms with Crippen LogP contribution in [-0.2, 0) is 10.0 Å². The smallest absolute Gasteiger partial charge is 0.215 e. The Bertz CT molecular complexity index is 274. The summed E-state index contributed by atoms with van der Waals surface area (Å²) in [6, 6.07) is 0. The standard InChI is InChI=1S/C9H20N2O2S/c1-9(2,3)7-11-14(12,13)8-4-5-10-6-8/h8,10-11H,4-7H2,1-3H3. The van der Waals surface area contributed by atoms with E-state index in [1.807, 2.05) is 20.8 Å². The Morgan fingerprint density at radius 3 is 2.50 bits per heavy atom. The van der Waals surface area contributed by atoms with Gasteiger partial charge in [0.05, 0.1) is 5.25 Å². The van der Waals surface area contributed by atoms with Gasteiger partial charge in [-0.3, -0.25) is 0 Å². The van der Waals surface area contributed by atoms with Crippen molar-refractivity contribution < 1.29 is 8.42 Å². The van der Waals surface area contributed by atoms with Gasteiger partial charge in [0.1, 0.15) is 0 Å². The number of sulfonamides is 1. The molecule has 1 heterocycles. The fraction of sp³-hybridized carbons (Fsp3) is 1.00. The van der Waals surface area contributed by atoms with Gasteiger partial charge in [-0.1, -0.05) is 20.8 Å². The van der Waals surface area contributed by atoms with Crippen molar-refractivity contribution in [1.82, 2.24) is 10.0 Å². The summed E-state index contributed by atoms with van der Waals surface area (Å²) in [6.45, 7) is 7.94. The minimum Gasteiger partial charge on any atom is -0.315 e. The second-order valence-corrected chi connectivity index (χ2v) is 7.09. The highest BCUT2D eigenvalue weighted by atomic mass is 32.2. The number of hydrogen-bond acceptors (Lipinski definition) is 3. The molecule has 84 valence electrons. The second-order valence-electron chi connectivity index (χ2n) is 5.04. The molecule has 5 heteroatoms. The molecular formula is C9H20N2O2S. The summed E-state index contributed by atoms with van der Waals surface area (Å²) in [4.78, 5) is 0. The Balaban J connectivity index is 2.50. The molecule has 0 spiro atoms. The molecule has 4 nitrogen and oxygen atoms in total. The zero-order valence-corrected chi connectivity index (χ0v) is 9.95. The molecule has 1 rings (SSSR count). The molecule has 14 heavy (non-hydrogen) atoms. The number of rotatable bonds is 3. The summed E-state index contributed by atoms with van der Waals surface area (Å²) in [5.74, 6) is 0. The molecule has 0 amide bonds. The normalized spacial score (nSPS) is 24.1. The van der Waals surface area contributed by atoms with E-state index in [-0.39, 0.29) is 10.7 Å². The fourth-order valence-electron chi connectivity index (χ4n) is 1.33. The Labute approximate surface area is 86.5 Å². The van der Waals surface area contributed by atoms with E-state index in [4.69, 9.17) is 0 Å². The molecule has 1 aliphatic heterocycles. The Hall–Kier alpha value is -0.130. The SMILES string of the molecule is CC(C)(C)CNS(=O)(=O)C1CCNC1. The van der Waals surface area contributed by atoms with E-state index in [0.717, 1.165) is 13.0 Å². The van der Waals surface area contributed by atoms with Crippen LogP contribution >= 0.6 is 0 Å². The van der Waals surface area contributed by atoms with Crippen LogP contribution in [0.15, 0.2) is 0 Å². The molecule has 0 aliphatic carbocycles. The van der Waals surface area contributed by atoms with Crippen molar-refractivity contribution in [1.29, 1.82) is 0 Å². The maximum atomic E-state index is 11.7. The van der Waals surface area contributed by atoms with Crippen LogP contribution in [0.2, 0.25) is 0 Å². The lowest BCUT2D eigenvalue weighted by atomic mass is 9.98. The summed E-state index contributed by atoms with van der Waals surface area (Å²) in [7, 11) is -3.11. The van der Waals surface area contributed by atoms with Gasteiger partial charge in [0.25, 0.3) is 0 Å². The third kappa shape index (κ3) is 3.55. The molecule has 0 aromatic carbocycles. The lowest BCUT2D eigenvalue weighted by Gasteiger charge is -2.20. The first-order valence-corrected chi connectivity index (χ1v) is 6.55. The molecule has 1 fully saturated rings. The maximum absolute atomic E-state index is 11.7. The van der Waals surface area contributed by atoms with Crippen LogP contribution in [0.1, 0.15) is 27.2 Å². The van der Waals surface area contributed by atoms with Gasteiger partial charge in [-0.05, 0) is 18.4 Å². The van der Waals surface area contributed by atoms with Crippen molar-refractivity contribution in [2.24, 2.45) is 5.41 Å². The second kappa shape index (κ2) is 4.16. The van der Waals surface area contributed by atoms with Crippen LogP contribution < -0.4 is 10.0 Å². The highest BCUT2D eigenvalue weighted by Gasteiger charge is 2.29. The number of nitrogens with one attached hydrogen (secondary N) is 2. The Morgan fingerprint density at radius 1 is 1.43 bits per heavy atom. The van der Waals surface area contributed by atoms with E-state index < -0.39 is 10.0 Å². The monoisotopic (exact) mass is 220 g/mol. The summed E-state index contributed by atoms with van der Waals surface area (Å²) < 4.78 is 26.1. The fourth-order valence-corrected chi connectivity index (χ4v) is 2.96. The Kier molecular flexibility index (Phi) is 3.55. The first-order chi connectivity index (χ1) is 6.31. The summed E-state index contributed by atoms with van der Waals surface area (Å²) in [5.41, 5.74) is -0.000890. The first-order valence-electron chi connectivity index (χ1n) is 5.00. The lowest BCUT2D eigenvalue weighted by molar-refractivity contribution is 0.406. The van der Waals surface area contributed by atoms with Gasteiger partial charge in [0.15, 0.2) is 0 Å². The highest BCUT2D eigenvalue weighted by molar-refractivity contribution is 7.90. The molecule has 0 bridgehead atoms. The average molecular weight is 220 g/mol. The van der Waals surface area contributed by atoms with Gasteiger partial charge >= 0.3 is 0 Å². The van der Waals surface area contributed by atoms with E-state index in [1.165, 1.54) is 0 Å². The molecule has 0 saturated carbocycles. The zero-order valence-electron chi connectivity index (χ0n) is 9.13. The maximum Gasteiger partial charge on any atom is 0.215 e. The van der Waals surface area contributed by atoms with Crippen molar-refractivity contribution in [3.63, 3.8) is 0 Å². The molecule has 2 N–H and O–H groups in total. The van der Waals surface area contributed by atoms with Crippen LogP contribution in [0.5, 0.6) is 0 Å². The predicted octanol–water partition coefficient (Wildman–Crippen LogP) is 0.314. The van der Waals surface area contributed by atoms with E-state index in [0.29, 0.717) is 13.1 Å². The molecule has 0 radical (unpaired) electrons. The predicted molar refractivity (Wildman–Crippen MR) is 57.7 cm³/mol. The van der Waals surface area contributed by atoms with Gasteiger partial charge in [-0.2, -0.15) is 0 Å². The van der Waals surface area contributed by atoms with Crippen LogP contribution in [0.25, 0.3) is 0 Å². The van der Waals surface area contributed by atoms with Gasteiger partial charge in [-0.25, -0.2) is 13.1 Å². The number of hydrogen-bond donors (Lipinski definition) is 2. The third-order valence-corrected chi connectivity index (χ3v) is 4.08. The van der Waals surface area contributed by atoms with Crippen molar-refractivity contribution in [3.8, 4) is 0 Å². The van der Waals surface area contributed by atoms with Crippen molar-refractivity contribution in [3.05, 3.63) is 0 Å². The molecule has 1 unspecified atom stereocenters. The molecule has 1 saturated heterocycles. The third-order valence-electron chi connectivity index (χ3n) is 2.26. The summed E-state index contributed by atoms with van der Waals surface area (Å²) in [5, 5.41) is 2.81. The van der Waals surface area contributed by atoms with Crippen LogP contribution in [0.4, 0.5) is 0 Å². The Morgan fingerprint density at radius 2 is 2.07 bits per heavy atom. The van der Waals surface area contributed by atoms with E-state index in [9.17, 15) is 8.42 Å². The van der Waals surface area contributed by atoms with Crippen molar-refractivity contribution in [2.45, 2.75) is 32.4 Å². The topological polar surface area (TPSA) is 58.2 Å². The van der Waals surface area contributed by atoms with E-state index in [1.54, 1.807) is 0 Å². The zero-order chi connectivity index (χ0) is 10.8. The first kappa shape index (κ1) is 11.9. The molecule has 1 aliphatic rings. The van der Waals surface area contributed by atoms with Crippen molar-refractivity contribution >= 4 is 10.0 Å². The van der Waals surface area contributed by atoms with Crippen LogP contribution in [0, 0.1) is 5.41 Å². The molecular weight excluding hydrogens is 200 g/mol. The molecule has 0 aromatic heterocycles. The minimum absolute atomic E-state index is 0.000890. The van der Waals surface area contributed by atoms with Gasteiger partial charge < -0.3 is 5.32 Å². The minimum atomic E-state index is -3.11. The van der Waals surface area contributed by atoms with Crippen molar-refractivity contribution in [2.75, 3.05) is 19.6 Å². The quantitative estimate of drug-likeness (QED) is 0.720. The lowest BCUT2D eigenvalue weighted by Crippen LogP contribution is -2.39. The summed E-state index contributed by atoms with van der Waals surface area (Å²) in [6.07, 6.45) is 0.722. The largest absolute Gasteiger partial charge is 0.315 e. The molecule has 1 atom stereocenters. The molecule has 0 aromatic rings. The van der Waals surface area contributed by atoms with Gasteiger partial charge in [0, 0.05) is 13.1 Å². The average Bonchev–Trinajstić information content (AvgIpc) is 2.52. The van der Waals surface area contributed by atoms with Crippen LogP contribution in [-0.4, -0.2) is 33.3 Å². The van der Waals surface area contributed by atoms with Crippen LogP contribution in [0.3, 0.4) is 0 Å². The van der Waals surface area contributed by atoms with Gasteiger partial charge in [-0.15, -0.1) is 0 Å².